The highest BCUT2D eigenvalue weighted by atomic mass is 16.5. The zero-order chi connectivity index (χ0) is 12.7. The molecule has 2 rings (SSSR count). The fourth-order valence-electron chi connectivity index (χ4n) is 2.60. The number of ether oxygens (including phenoxy) is 1. The molecule has 17 heavy (non-hydrogen) atoms. The molecule has 1 saturated carbocycles. The lowest BCUT2D eigenvalue weighted by Crippen LogP contribution is -2.12. The van der Waals surface area contributed by atoms with E-state index in [4.69, 9.17) is 4.74 Å². The molecule has 2 heteroatoms. The Bertz CT molecular complexity index is 484. The minimum Gasteiger partial charge on any atom is -0.494 e. The van der Waals surface area contributed by atoms with Crippen LogP contribution >= 0.6 is 0 Å². The molecule has 0 radical (unpaired) electrons. The summed E-state index contributed by atoms with van der Waals surface area (Å²) in [5.41, 5.74) is 2.05. The van der Waals surface area contributed by atoms with E-state index in [9.17, 15) is 5.26 Å². The molecule has 1 atom stereocenters. The fourth-order valence-corrected chi connectivity index (χ4v) is 2.60. The van der Waals surface area contributed by atoms with Gasteiger partial charge >= 0.3 is 0 Å². The monoisotopic (exact) mass is 229 g/mol. The van der Waals surface area contributed by atoms with Gasteiger partial charge in [0.15, 0.2) is 0 Å². The summed E-state index contributed by atoms with van der Waals surface area (Å²) < 4.78 is 5.53. The summed E-state index contributed by atoms with van der Waals surface area (Å²) in [6, 6.07) is 8.62. The Kier molecular flexibility index (Phi) is 2.66. The Hall–Kier alpha value is -1.49. The van der Waals surface area contributed by atoms with Crippen molar-refractivity contribution in [2.45, 2.75) is 39.5 Å². The van der Waals surface area contributed by atoms with E-state index in [-0.39, 0.29) is 10.8 Å². The Balaban J connectivity index is 2.37. The van der Waals surface area contributed by atoms with Crippen LogP contribution in [-0.4, -0.2) is 6.61 Å². The molecule has 0 heterocycles. The van der Waals surface area contributed by atoms with E-state index in [2.05, 4.69) is 26.0 Å². The number of rotatable bonds is 3. The van der Waals surface area contributed by atoms with Crippen LogP contribution in [0.3, 0.4) is 0 Å². The molecule has 0 aliphatic heterocycles. The number of nitrogens with zero attached hydrogens (tertiary/aromatic N) is 1. The molecule has 0 bridgehead atoms. The average molecular weight is 229 g/mol. The Morgan fingerprint density at radius 2 is 2.06 bits per heavy atom. The Morgan fingerprint density at radius 3 is 2.47 bits per heavy atom. The summed E-state index contributed by atoms with van der Waals surface area (Å²) in [6.07, 6.45) is 0.948. The number of benzene rings is 1. The van der Waals surface area contributed by atoms with Crippen LogP contribution in [0.2, 0.25) is 0 Å². The van der Waals surface area contributed by atoms with Gasteiger partial charge in [0.05, 0.1) is 18.1 Å². The van der Waals surface area contributed by atoms with Crippen LogP contribution in [0.5, 0.6) is 5.75 Å². The van der Waals surface area contributed by atoms with Gasteiger partial charge in [0.2, 0.25) is 0 Å². The third-order valence-electron chi connectivity index (χ3n) is 3.90. The third kappa shape index (κ3) is 1.70. The lowest BCUT2D eigenvalue weighted by atomic mass is 9.88. The SMILES string of the molecule is CCOc1ccc(C2(C#N)CC2(C)C)cc1C. The van der Waals surface area contributed by atoms with Crippen molar-refractivity contribution in [2.75, 3.05) is 6.61 Å². The second kappa shape index (κ2) is 3.77. The quantitative estimate of drug-likeness (QED) is 0.793. The first-order valence-electron chi connectivity index (χ1n) is 6.12. The van der Waals surface area contributed by atoms with Crippen LogP contribution < -0.4 is 4.74 Å². The van der Waals surface area contributed by atoms with E-state index < -0.39 is 0 Å². The Labute approximate surface area is 103 Å². The average Bonchev–Trinajstić information content (AvgIpc) is 2.85. The molecular formula is C15H19NO. The highest BCUT2D eigenvalue weighted by Crippen LogP contribution is 2.64. The standard InChI is InChI=1S/C15H19NO/c1-5-17-13-7-6-12(8-11(13)2)15(10-16)9-14(15,3)4/h6-8H,5,9H2,1-4H3. The summed E-state index contributed by atoms with van der Waals surface area (Å²) in [5, 5.41) is 9.43. The first-order chi connectivity index (χ1) is 7.97. The number of aryl methyl sites for hydroxylation is 1. The molecule has 0 amide bonds. The minimum absolute atomic E-state index is 0.0985. The van der Waals surface area contributed by atoms with Crippen LogP contribution in [0.4, 0.5) is 0 Å². The first-order valence-corrected chi connectivity index (χ1v) is 6.12. The lowest BCUT2D eigenvalue weighted by molar-refractivity contribution is 0.337. The van der Waals surface area contributed by atoms with Crippen molar-refractivity contribution < 1.29 is 4.74 Å². The highest BCUT2D eigenvalue weighted by Gasteiger charge is 2.63. The van der Waals surface area contributed by atoms with Crippen LogP contribution in [0, 0.1) is 23.7 Å². The minimum atomic E-state index is -0.289. The number of hydrogen-bond donors (Lipinski definition) is 0. The number of hydrogen-bond acceptors (Lipinski definition) is 2. The highest BCUT2D eigenvalue weighted by molar-refractivity contribution is 5.48. The van der Waals surface area contributed by atoms with Gasteiger partial charge in [-0.1, -0.05) is 26.0 Å². The van der Waals surface area contributed by atoms with E-state index in [1.165, 1.54) is 0 Å². The summed E-state index contributed by atoms with van der Waals surface area (Å²) in [4.78, 5) is 0. The molecule has 1 aliphatic carbocycles. The van der Waals surface area contributed by atoms with Gasteiger partial charge in [-0.25, -0.2) is 0 Å². The van der Waals surface area contributed by atoms with Crippen molar-refractivity contribution in [1.29, 1.82) is 5.26 Å². The molecule has 90 valence electrons. The van der Waals surface area contributed by atoms with Crippen molar-refractivity contribution in [2.24, 2.45) is 5.41 Å². The van der Waals surface area contributed by atoms with Gasteiger partial charge in [-0.05, 0) is 42.9 Å². The van der Waals surface area contributed by atoms with Crippen molar-refractivity contribution >= 4 is 0 Å². The van der Waals surface area contributed by atoms with Gasteiger partial charge in [0.1, 0.15) is 5.75 Å². The molecule has 0 aromatic heterocycles. The van der Waals surface area contributed by atoms with Crippen LogP contribution in [-0.2, 0) is 5.41 Å². The second-order valence-electron chi connectivity index (χ2n) is 5.49. The molecule has 0 N–H and O–H groups in total. The van der Waals surface area contributed by atoms with Crippen molar-refractivity contribution in [3.8, 4) is 11.8 Å². The summed E-state index contributed by atoms with van der Waals surface area (Å²) >= 11 is 0. The zero-order valence-electron chi connectivity index (χ0n) is 11.0. The van der Waals surface area contributed by atoms with Gasteiger partial charge in [-0.3, -0.25) is 0 Å². The van der Waals surface area contributed by atoms with Gasteiger partial charge in [0, 0.05) is 0 Å². The lowest BCUT2D eigenvalue weighted by Gasteiger charge is -2.15. The smallest absolute Gasteiger partial charge is 0.122 e. The van der Waals surface area contributed by atoms with E-state index in [0.29, 0.717) is 6.61 Å². The summed E-state index contributed by atoms with van der Waals surface area (Å²) in [7, 11) is 0. The van der Waals surface area contributed by atoms with Gasteiger partial charge in [-0.15, -0.1) is 0 Å². The molecule has 1 aromatic rings. The molecule has 1 aliphatic rings. The topological polar surface area (TPSA) is 33.0 Å². The third-order valence-corrected chi connectivity index (χ3v) is 3.90. The van der Waals surface area contributed by atoms with Crippen molar-refractivity contribution in [1.82, 2.24) is 0 Å². The summed E-state index contributed by atoms with van der Waals surface area (Å²) in [5.74, 6) is 0.919. The largest absolute Gasteiger partial charge is 0.494 e. The Morgan fingerprint density at radius 1 is 1.41 bits per heavy atom. The summed E-state index contributed by atoms with van der Waals surface area (Å²) in [6.45, 7) is 9.00. The van der Waals surface area contributed by atoms with E-state index >= 15 is 0 Å². The maximum Gasteiger partial charge on any atom is 0.122 e. The maximum absolute atomic E-state index is 9.43. The van der Waals surface area contributed by atoms with Crippen LogP contribution in [0.1, 0.15) is 38.3 Å². The predicted molar refractivity (Wildman–Crippen MR) is 68.0 cm³/mol. The normalized spacial score (nSPS) is 25.1. The molecular weight excluding hydrogens is 210 g/mol. The van der Waals surface area contributed by atoms with Gasteiger partial charge < -0.3 is 4.74 Å². The molecule has 1 aromatic carbocycles. The van der Waals surface area contributed by atoms with Gasteiger partial charge in [0.25, 0.3) is 0 Å². The molecule has 0 spiro atoms. The zero-order valence-corrected chi connectivity index (χ0v) is 11.0. The molecule has 2 nitrogen and oxygen atoms in total. The fraction of sp³-hybridized carbons (Fsp3) is 0.533. The first kappa shape index (κ1) is 12.0. The van der Waals surface area contributed by atoms with Crippen molar-refractivity contribution in [3.05, 3.63) is 29.3 Å². The molecule has 1 fully saturated rings. The predicted octanol–water partition coefficient (Wildman–Crippen LogP) is 3.59. The van der Waals surface area contributed by atoms with Gasteiger partial charge in [-0.2, -0.15) is 5.26 Å². The number of nitriles is 1. The van der Waals surface area contributed by atoms with Crippen LogP contribution in [0.25, 0.3) is 0 Å². The molecule has 0 saturated heterocycles. The van der Waals surface area contributed by atoms with Crippen molar-refractivity contribution in [3.63, 3.8) is 0 Å². The van der Waals surface area contributed by atoms with E-state index in [1.54, 1.807) is 0 Å². The van der Waals surface area contributed by atoms with E-state index in [1.807, 2.05) is 26.0 Å². The maximum atomic E-state index is 9.43. The van der Waals surface area contributed by atoms with E-state index in [0.717, 1.165) is 23.3 Å². The van der Waals surface area contributed by atoms with Crippen LogP contribution in [0.15, 0.2) is 18.2 Å². The molecule has 1 unspecified atom stereocenters. The second-order valence-corrected chi connectivity index (χ2v) is 5.49.